The monoisotopic (exact) mass is 186 g/mol. The summed E-state index contributed by atoms with van der Waals surface area (Å²) >= 11 is 2.03. The van der Waals surface area contributed by atoms with E-state index in [-0.39, 0.29) is 6.03 Å². The molecule has 0 radical (unpaired) electrons. The van der Waals surface area contributed by atoms with Crippen LogP contribution in [-0.4, -0.2) is 30.1 Å². The number of hydrogen-bond donors (Lipinski definition) is 2. The zero-order chi connectivity index (χ0) is 8.39. The lowest BCUT2D eigenvalue weighted by Gasteiger charge is -2.25. The van der Waals surface area contributed by atoms with Gasteiger partial charge in [-0.15, -0.1) is 0 Å². The quantitative estimate of drug-likeness (QED) is 0.636. The Bertz CT molecular complexity index is 180. The van der Waals surface area contributed by atoms with Gasteiger partial charge in [-0.2, -0.15) is 11.8 Å². The van der Waals surface area contributed by atoms with Crippen molar-refractivity contribution in [2.24, 2.45) is 5.92 Å². The van der Waals surface area contributed by atoms with Crippen molar-refractivity contribution in [3.63, 3.8) is 0 Å². The summed E-state index contributed by atoms with van der Waals surface area (Å²) < 4.78 is 0. The van der Waals surface area contributed by atoms with E-state index in [0.717, 1.165) is 6.54 Å². The van der Waals surface area contributed by atoms with Crippen LogP contribution in [0.25, 0.3) is 0 Å². The maximum Gasteiger partial charge on any atom is 0.315 e. The molecule has 1 atom stereocenters. The summed E-state index contributed by atoms with van der Waals surface area (Å²) in [7, 11) is 0. The molecule has 2 N–H and O–H groups in total. The van der Waals surface area contributed by atoms with Crippen LogP contribution in [0.2, 0.25) is 0 Å². The predicted octanol–water partition coefficient (Wildman–Crippen LogP) is 0.811. The van der Waals surface area contributed by atoms with Crippen molar-refractivity contribution in [1.82, 2.24) is 10.6 Å². The first kappa shape index (κ1) is 8.23. The van der Waals surface area contributed by atoms with Gasteiger partial charge in [0, 0.05) is 6.54 Å². The van der Waals surface area contributed by atoms with Crippen LogP contribution in [0.3, 0.4) is 0 Å². The van der Waals surface area contributed by atoms with Gasteiger partial charge in [-0.25, -0.2) is 4.79 Å². The summed E-state index contributed by atoms with van der Waals surface area (Å²) in [6.07, 6.45) is 2.52. The van der Waals surface area contributed by atoms with E-state index >= 15 is 0 Å². The van der Waals surface area contributed by atoms with Gasteiger partial charge < -0.3 is 10.6 Å². The SMILES string of the molecule is O=C1NCC(C2CCSCC2)N1. The lowest BCUT2D eigenvalue weighted by atomic mass is 9.94. The van der Waals surface area contributed by atoms with Gasteiger partial charge >= 0.3 is 6.03 Å². The normalized spacial score (nSPS) is 31.3. The summed E-state index contributed by atoms with van der Waals surface area (Å²) in [6, 6.07) is 0.414. The summed E-state index contributed by atoms with van der Waals surface area (Å²) in [5.41, 5.74) is 0. The van der Waals surface area contributed by atoms with Gasteiger partial charge in [0.05, 0.1) is 6.04 Å². The van der Waals surface area contributed by atoms with Crippen LogP contribution in [0.5, 0.6) is 0 Å². The zero-order valence-corrected chi connectivity index (χ0v) is 7.82. The van der Waals surface area contributed by atoms with Crippen molar-refractivity contribution in [3.05, 3.63) is 0 Å². The molecular weight excluding hydrogens is 172 g/mol. The van der Waals surface area contributed by atoms with Gasteiger partial charge in [0.25, 0.3) is 0 Å². The van der Waals surface area contributed by atoms with Crippen molar-refractivity contribution >= 4 is 17.8 Å². The fourth-order valence-corrected chi connectivity index (χ4v) is 3.02. The second-order valence-corrected chi connectivity index (χ2v) is 4.64. The third-order valence-corrected chi connectivity index (χ3v) is 3.68. The van der Waals surface area contributed by atoms with E-state index in [1.807, 2.05) is 11.8 Å². The lowest BCUT2D eigenvalue weighted by Crippen LogP contribution is -2.35. The number of amides is 2. The van der Waals surface area contributed by atoms with E-state index in [1.54, 1.807) is 0 Å². The van der Waals surface area contributed by atoms with Gasteiger partial charge in [0.15, 0.2) is 0 Å². The molecule has 0 bridgehead atoms. The fraction of sp³-hybridized carbons (Fsp3) is 0.875. The number of thioether (sulfide) groups is 1. The highest BCUT2D eigenvalue weighted by Gasteiger charge is 2.29. The molecule has 2 heterocycles. The molecule has 2 fully saturated rings. The molecule has 4 heteroatoms. The third-order valence-electron chi connectivity index (χ3n) is 2.63. The molecule has 0 aromatic heterocycles. The summed E-state index contributed by atoms with van der Waals surface area (Å²) in [6.45, 7) is 0.828. The van der Waals surface area contributed by atoms with E-state index in [0.29, 0.717) is 12.0 Å². The predicted molar refractivity (Wildman–Crippen MR) is 50.4 cm³/mol. The van der Waals surface area contributed by atoms with Crippen LogP contribution in [0.4, 0.5) is 4.79 Å². The molecule has 0 aromatic carbocycles. The van der Waals surface area contributed by atoms with Crippen LogP contribution in [0, 0.1) is 5.92 Å². The Labute approximate surface area is 76.7 Å². The lowest BCUT2D eigenvalue weighted by molar-refractivity contribution is 0.245. The van der Waals surface area contributed by atoms with Crippen LogP contribution in [0.1, 0.15) is 12.8 Å². The maximum atomic E-state index is 10.9. The molecule has 0 aromatic rings. The van der Waals surface area contributed by atoms with Crippen molar-refractivity contribution in [3.8, 4) is 0 Å². The molecule has 2 amide bonds. The molecule has 12 heavy (non-hydrogen) atoms. The Kier molecular flexibility index (Phi) is 2.44. The van der Waals surface area contributed by atoms with Gasteiger partial charge in [0.2, 0.25) is 0 Å². The van der Waals surface area contributed by atoms with Crippen LogP contribution >= 0.6 is 11.8 Å². The minimum Gasteiger partial charge on any atom is -0.336 e. The average Bonchev–Trinajstić information content (AvgIpc) is 2.54. The largest absolute Gasteiger partial charge is 0.336 e. The number of rotatable bonds is 1. The molecule has 0 saturated carbocycles. The highest BCUT2D eigenvalue weighted by Crippen LogP contribution is 2.25. The fourth-order valence-electron chi connectivity index (χ4n) is 1.88. The third kappa shape index (κ3) is 1.68. The highest BCUT2D eigenvalue weighted by molar-refractivity contribution is 7.99. The van der Waals surface area contributed by atoms with Gasteiger partial charge in [-0.3, -0.25) is 0 Å². The molecular formula is C8H14N2OS. The number of nitrogens with one attached hydrogen (secondary N) is 2. The van der Waals surface area contributed by atoms with E-state index in [9.17, 15) is 4.79 Å². The van der Waals surface area contributed by atoms with E-state index in [2.05, 4.69) is 10.6 Å². The number of hydrogen-bond acceptors (Lipinski definition) is 2. The summed E-state index contributed by atoms with van der Waals surface area (Å²) in [5, 5.41) is 5.77. The first-order valence-electron chi connectivity index (χ1n) is 4.48. The first-order valence-corrected chi connectivity index (χ1v) is 5.64. The molecule has 2 saturated heterocycles. The summed E-state index contributed by atoms with van der Waals surface area (Å²) in [4.78, 5) is 10.9. The minimum atomic E-state index is 0.0122. The van der Waals surface area contributed by atoms with Crippen molar-refractivity contribution in [1.29, 1.82) is 0 Å². The first-order chi connectivity index (χ1) is 5.86. The van der Waals surface area contributed by atoms with E-state index in [1.165, 1.54) is 24.3 Å². The Hall–Kier alpha value is -0.380. The van der Waals surface area contributed by atoms with Crippen LogP contribution in [0.15, 0.2) is 0 Å². The molecule has 2 aliphatic heterocycles. The van der Waals surface area contributed by atoms with Gasteiger partial charge in [-0.1, -0.05) is 0 Å². The van der Waals surface area contributed by atoms with Crippen LogP contribution in [-0.2, 0) is 0 Å². The van der Waals surface area contributed by atoms with E-state index < -0.39 is 0 Å². The molecule has 0 aliphatic carbocycles. The molecule has 0 spiro atoms. The second kappa shape index (κ2) is 3.56. The van der Waals surface area contributed by atoms with Crippen LogP contribution < -0.4 is 10.6 Å². The molecule has 3 nitrogen and oxygen atoms in total. The zero-order valence-electron chi connectivity index (χ0n) is 7.01. The molecule has 2 aliphatic rings. The number of urea groups is 1. The smallest absolute Gasteiger partial charge is 0.315 e. The Morgan fingerprint density at radius 1 is 1.33 bits per heavy atom. The summed E-state index contributed by atoms with van der Waals surface area (Å²) in [5.74, 6) is 3.24. The molecule has 2 rings (SSSR count). The van der Waals surface area contributed by atoms with Crippen molar-refractivity contribution in [2.75, 3.05) is 18.1 Å². The Morgan fingerprint density at radius 2 is 2.08 bits per heavy atom. The number of carbonyl (C=O) groups is 1. The minimum absolute atomic E-state index is 0.0122. The Balaban J connectivity index is 1.86. The average molecular weight is 186 g/mol. The van der Waals surface area contributed by atoms with Gasteiger partial charge in [-0.05, 0) is 30.3 Å². The highest BCUT2D eigenvalue weighted by atomic mass is 32.2. The van der Waals surface area contributed by atoms with Crippen molar-refractivity contribution in [2.45, 2.75) is 18.9 Å². The maximum absolute atomic E-state index is 10.9. The second-order valence-electron chi connectivity index (χ2n) is 3.41. The molecule has 68 valence electrons. The standard InChI is InChI=1S/C8H14N2OS/c11-8-9-5-7(10-8)6-1-3-12-4-2-6/h6-7H,1-5H2,(H2,9,10,11). The topological polar surface area (TPSA) is 41.1 Å². The van der Waals surface area contributed by atoms with Gasteiger partial charge in [0.1, 0.15) is 0 Å². The number of carbonyl (C=O) groups excluding carboxylic acids is 1. The van der Waals surface area contributed by atoms with Crippen molar-refractivity contribution < 1.29 is 4.79 Å². The molecule has 1 unspecified atom stereocenters. The van der Waals surface area contributed by atoms with E-state index in [4.69, 9.17) is 0 Å². The Morgan fingerprint density at radius 3 is 2.67 bits per heavy atom.